The largest absolute Gasteiger partial charge is 0.295 e. The maximum atomic E-state index is 11.6. The number of hydrogen-bond acceptors (Lipinski definition) is 4. The monoisotopic (exact) mass is 228 g/mol. The van der Waals surface area contributed by atoms with Crippen LogP contribution < -0.4 is 5.32 Å². The number of anilines is 1. The standard InChI is InChI=1S/C11H8N4O2/c16-9-4-10(17)15-6-8(13-11(15)14-9)7-2-1-3-12-5-7/h1-3,5-6H,4H2,(H,13,14,16). The lowest BCUT2D eigenvalue weighted by Gasteiger charge is -2.11. The van der Waals surface area contributed by atoms with Crippen LogP contribution >= 0.6 is 0 Å². The minimum Gasteiger partial charge on any atom is -0.295 e. The van der Waals surface area contributed by atoms with E-state index in [4.69, 9.17) is 0 Å². The van der Waals surface area contributed by atoms with Gasteiger partial charge in [0.2, 0.25) is 17.8 Å². The molecular weight excluding hydrogens is 220 g/mol. The van der Waals surface area contributed by atoms with Crippen LogP contribution in [-0.2, 0) is 4.79 Å². The number of imidazole rings is 1. The van der Waals surface area contributed by atoms with Crippen molar-refractivity contribution >= 4 is 17.8 Å². The molecule has 17 heavy (non-hydrogen) atoms. The third kappa shape index (κ3) is 1.59. The zero-order valence-electron chi connectivity index (χ0n) is 8.75. The fourth-order valence-electron chi connectivity index (χ4n) is 1.70. The number of aromatic nitrogens is 3. The minimum atomic E-state index is -0.328. The summed E-state index contributed by atoms with van der Waals surface area (Å²) in [5, 5.41) is 2.55. The molecular formula is C11H8N4O2. The number of nitrogens with zero attached hydrogens (tertiary/aromatic N) is 3. The Balaban J connectivity index is 2.08. The Bertz CT molecular complexity index is 603. The molecule has 0 fully saturated rings. The van der Waals surface area contributed by atoms with Gasteiger partial charge in [-0.1, -0.05) is 0 Å². The van der Waals surface area contributed by atoms with Crippen LogP contribution in [0.1, 0.15) is 11.2 Å². The summed E-state index contributed by atoms with van der Waals surface area (Å²) in [4.78, 5) is 30.9. The molecule has 0 unspecified atom stereocenters. The van der Waals surface area contributed by atoms with Crippen LogP contribution in [0.2, 0.25) is 0 Å². The summed E-state index contributed by atoms with van der Waals surface area (Å²) in [5.41, 5.74) is 1.42. The van der Waals surface area contributed by atoms with Crippen molar-refractivity contribution in [1.29, 1.82) is 0 Å². The zero-order chi connectivity index (χ0) is 11.8. The van der Waals surface area contributed by atoms with E-state index in [1.807, 2.05) is 6.07 Å². The van der Waals surface area contributed by atoms with Crippen molar-refractivity contribution in [2.45, 2.75) is 6.42 Å². The maximum absolute atomic E-state index is 11.6. The second kappa shape index (κ2) is 3.51. The summed E-state index contributed by atoms with van der Waals surface area (Å²) in [6.45, 7) is 0. The van der Waals surface area contributed by atoms with Gasteiger partial charge in [0.15, 0.2) is 0 Å². The van der Waals surface area contributed by atoms with Gasteiger partial charge in [-0.2, -0.15) is 0 Å². The smallest absolute Gasteiger partial charge is 0.242 e. The van der Waals surface area contributed by atoms with Crippen molar-refractivity contribution < 1.29 is 9.59 Å². The van der Waals surface area contributed by atoms with Crippen LogP contribution in [0.15, 0.2) is 30.7 Å². The van der Waals surface area contributed by atoms with Gasteiger partial charge in [0.25, 0.3) is 0 Å². The lowest BCUT2D eigenvalue weighted by Crippen LogP contribution is -2.28. The van der Waals surface area contributed by atoms with Gasteiger partial charge in [-0.05, 0) is 12.1 Å². The molecule has 0 atom stereocenters. The average molecular weight is 228 g/mol. The highest BCUT2D eigenvalue weighted by molar-refractivity contribution is 6.08. The third-order valence-corrected chi connectivity index (χ3v) is 2.49. The molecule has 0 aromatic carbocycles. The highest BCUT2D eigenvalue weighted by atomic mass is 16.2. The van der Waals surface area contributed by atoms with E-state index in [1.54, 1.807) is 24.7 Å². The highest BCUT2D eigenvalue weighted by Gasteiger charge is 2.24. The van der Waals surface area contributed by atoms with Crippen LogP contribution in [0, 0.1) is 0 Å². The average Bonchev–Trinajstić information content (AvgIpc) is 2.74. The van der Waals surface area contributed by atoms with Gasteiger partial charge in [-0.15, -0.1) is 0 Å². The Morgan fingerprint density at radius 3 is 3.00 bits per heavy atom. The number of carbonyl (C=O) groups excluding carboxylic acids is 2. The molecule has 0 saturated carbocycles. The van der Waals surface area contributed by atoms with Gasteiger partial charge >= 0.3 is 0 Å². The van der Waals surface area contributed by atoms with Crippen molar-refractivity contribution in [2.75, 3.05) is 5.32 Å². The second-order valence-corrected chi connectivity index (χ2v) is 3.68. The molecule has 2 aromatic rings. The van der Waals surface area contributed by atoms with Crippen LogP contribution in [-0.4, -0.2) is 26.3 Å². The summed E-state index contributed by atoms with van der Waals surface area (Å²) in [6, 6.07) is 3.63. The van der Waals surface area contributed by atoms with Gasteiger partial charge in [0.1, 0.15) is 6.42 Å². The van der Waals surface area contributed by atoms with Crippen LogP contribution in [0.25, 0.3) is 11.3 Å². The molecule has 1 N–H and O–H groups in total. The van der Waals surface area contributed by atoms with E-state index in [-0.39, 0.29) is 24.2 Å². The number of hydrogen-bond donors (Lipinski definition) is 1. The lowest BCUT2D eigenvalue weighted by molar-refractivity contribution is -0.115. The number of pyridine rings is 1. The zero-order valence-corrected chi connectivity index (χ0v) is 8.75. The predicted molar refractivity (Wildman–Crippen MR) is 59.3 cm³/mol. The quantitative estimate of drug-likeness (QED) is 0.736. The summed E-state index contributed by atoms with van der Waals surface area (Å²) in [6.07, 6.45) is 4.77. The topological polar surface area (TPSA) is 76.9 Å². The van der Waals surface area contributed by atoms with E-state index in [2.05, 4.69) is 15.3 Å². The lowest BCUT2D eigenvalue weighted by atomic mass is 10.2. The fraction of sp³-hybridized carbons (Fsp3) is 0.0909. The molecule has 6 nitrogen and oxygen atoms in total. The van der Waals surface area contributed by atoms with Crippen molar-refractivity contribution in [3.63, 3.8) is 0 Å². The Morgan fingerprint density at radius 2 is 2.24 bits per heavy atom. The molecule has 3 heterocycles. The maximum Gasteiger partial charge on any atom is 0.242 e. The number of amides is 1. The molecule has 1 aliphatic heterocycles. The van der Waals surface area contributed by atoms with Gasteiger partial charge in [-0.3, -0.25) is 24.5 Å². The second-order valence-electron chi connectivity index (χ2n) is 3.68. The Labute approximate surface area is 96.3 Å². The molecule has 0 radical (unpaired) electrons. The van der Waals surface area contributed by atoms with E-state index in [1.165, 1.54) is 4.57 Å². The summed E-state index contributed by atoms with van der Waals surface area (Å²) >= 11 is 0. The van der Waals surface area contributed by atoms with Gasteiger partial charge in [0, 0.05) is 24.2 Å². The summed E-state index contributed by atoms with van der Waals surface area (Å²) in [7, 11) is 0. The summed E-state index contributed by atoms with van der Waals surface area (Å²) < 4.78 is 1.35. The van der Waals surface area contributed by atoms with Crippen molar-refractivity contribution in [3.05, 3.63) is 30.7 Å². The fourth-order valence-corrected chi connectivity index (χ4v) is 1.70. The highest BCUT2D eigenvalue weighted by Crippen LogP contribution is 2.22. The van der Waals surface area contributed by atoms with Gasteiger partial charge < -0.3 is 0 Å². The van der Waals surface area contributed by atoms with Crippen molar-refractivity contribution in [3.8, 4) is 11.3 Å². The third-order valence-electron chi connectivity index (χ3n) is 2.49. The first-order valence-electron chi connectivity index (χ1n) is 5.07. The van der Waals surface area contributed by atoms with Gasteiger partial charge in [0.05, 0.1) is 5.69 Å². The molecule has 2 aromatic heterocycles. The summed E-state index contributed by atoms with van der Waals surface area (Å²) in [5.74, 6) is -0.331. The SMILES string of the molecule is O=C1CC(=O)n2cc(-c3cccnc3)nc2N1. The Kier molecular flexibility index (Phi) is 2.01. The van der Waals surface area contributed by atoms with Crippen LogP contribution in [0.3, 0.4) is 0 Å². The molecule has 3 rings (SSSR count). The van der Waals surface area contributed by atoms with Crippen LogP contribution in [0.5, 0.6) is 0 Å². The molecule has 1 amide bonds. The number of fused-ring (bicyclic) bond motifs is 1. The molecule has 0 saturated heterocycles. The van der Waals surface area contributed by atoms with Crippen LogP contribution in [0.4, 0.5) is 5.95 Å². The number of carbonyl (C=O) groups is 2. The number of rotatable bonds is 1. The first-order valence-corrected chi connectivity index (χ1v) is 5.07. The molecule has 0 aliphatic carbocycles. The molecule has 84 valence electrons. The van der Waals surface area contributed by atoms with E-state index in [0.29, 0.717) is 5.69 Å². The van der Waals surface area contributed by atoms with E-state index in [0.717, 1.165) is 5.56 Å². The first kappa shape index (κ1) is 9.71. The van der Waals surface area contributed by atoms with E-state index in [9.17, 15) is 9.59 Å². The molecule has 1 aliphatic rings. The van der Waals surface area contributed by atoms with Gasteiger partial charge in [-0.25, -0.2) is 4.98 Å². The Hall–Kier alpha value is -2.50. The van der Waals surface area contributed by atoms with E-state index < -0.39 is 0 Å². The predicted octanol–water partition coefficient (Wildman–Crippen LogP) is 0.927. The van der Waals surface area contributed by atoms with E-state index >= 15 is 0 Å². The normalized spacial score (nSPS) is 14.4. The first-order chi connectivity index (χ1) is 8.24. The molecule has 0 spiro atoms. The minimum absolute atomic E-state index is 0.143. The van der Waals surface area contributed by atoms with Crippen molar-refractivity contribution in [2.24, 2.45) is 0 Å². The molecule has 6 heteroatoms. The Morgan fingerprint density at radius 1 is 1.35 bits per heavy atom. The molecule has 0 bridgehead atoms. The number of nitrogens with one attached hydrogen (secondary N) is 1. The van der Waals surface area contributed by atoms with Crippen molar-refractivity contribution in [1.82, 2.24) is 14.5 Å².